The Labute approximate surface area is 168 Å². The lowest BCUT2D eigenvalue weighted by atomic mass is 10.2. The van der Waals surface area contributed by atoms with Crippen LogP contribution in [0.4, 0.5) is 5.82 Å². The molecule has 0 radical (unpaired) electrons. The number of benzene rings is 1. The monoisotopic (exact) mass is 415 g/mol. The number of rotatable bonds is 6. The molecule has 10 heteroatoms. The van der Waals surface area contributed by atoms with Gasteiger partial charge >= 0.3 is 0 Å². The third kappa shape index (κ3) is 4.22. The lowest BCUT2D eigenvalue weighted by Gasteiger charge is -2.11. The number of allylic oxidation sites excluding steroid dienone is 1. The van der Waals surface area contributed by atoms with E-state index >= 15 is 0 Å². The van der Waals surface area contributed by atoms with Gasteiger partial charge in [0.1, 0.15) is 11.8 Å². The smallest absolute Gasteiger partial charge is 0.267 e. The zero-order chi connectivity index (χ0) is 20.4. The molecule has 1 aliphatic rings. The molecule has 4 rings (SSSR count). The van der Waals surface area contributed by atoms with Crippen LogP contribution >= 0.6 is 0 Å². The van der Waals surface area contributed by atoms with Crippen LogP contribution in [0.2, 0.25) is 0 Å². The zero-order valence-corrected chi connectivity index (χ0v) is 16.7. The highest BCUT2D eigenvalue weighted by Gasteiger charge is 2.27. The molecule has 0 spiro atoms. The second-order valence-electron chi connectivity index (χ2n) is 6.79. The predicted molar refractivity (Wildman–Crippen MR) is 106 cm³/mol. The van der Waals surface area contributed by atoms with Crippen molar-refractivity contribution in [2.75, 3.05) is 18.6 Å². The number of anilines is 1. The highest BCUT2D eigenvalue weighted by Crippen LogP contribution is 2.35. The van der Waals surface area contributed by atoms with E-state index in [1.807, 2.05) is 36.4 Å². The van der Waals surface area contributed by atoms with Gasteiger partial charge in [0.25, 0.3) is 5.16 Å². The van der Waals surface area contributed by atoms with Crippen LogP contribution in [0.5, 0.6) is 0 Å². The number of fused-ring (bicyclic) bond motifs is 1. The minimum Gasteiger partial charge on any atom is -0.489 e. The summed E-state index contributed by atoms with van der Waals surface area (Å²) in [6.07, 6.45) is 5.70. The Balaban J connectivity index is 1.46. The van der Waals surface area contributed by atoms with E-state index in [0.717, 1.165) is 30.4 Å². The van der Waals surface area contributed by atoms with Gasteiger partial charge in [-0.15, -0.1) is 5.10 Å². The topological polar surface area (TPSA) is 122 Å². The molecule has 1 atom stereocenters. The number of sulfone groups is 1. The highest BCUT2D eigenvalue weighted by atomic mass is 32.2. The Morgan fingerprint density at radius 1 is 1.34 bits per heavy atom. The molecule has 0 saturated carbocycles. The summed E-state index contributed by atoms with van der Waals surface area (Å²) in [7, 11) is -3.60. The molecule has 9 nitrogen and oxygen atoms in total. The quantitative estimate of drug-likeness (QED) is 0.607. The van der Waals surface area contributed by atoms with Gasteiger partial charge in [-0.3, -0.25) is 0 Å². The number of ether oxygens (including phenoxy) is 2. The first-order valence-electron chi connectivity index (χ1n) is 9.10. The van der Waals surface area contributed by atoms with Crippen molar-refractivity contribution in [1.82, 2.24) is 19.6 Å². The van der Waals surface area contributed by atoms with Gasteiger partial charge in [0.15, 0.2) is 11.5 Å². The number of hydrogen-bond donors (Lipinski definition) is 1. The van der Waals surface area contributed by atoms with Crippen molar-refractivity contribution >= 4 is 21.3 Å². The van der Waals surface area contributed by atoms with E-state index in [0.29, 0.717) is 24.6 Å². The molecule has 0 unspecified atom stereocenters. The van der Waals surface area contributed by atoms with Gasteiger partial charge in [-0.25, -0.2) is 17.9 Å². The first-order valence-corrected chi connectivity index (χ1v) is 11.0. The van der Waals surface area contributed by atoms with Crippen LogP contribution in [0.3, 0.4) is 0 Å². The van der Waals surface area contributed by atoms with Crippen molar-refractivity contribution in [3.8, 4) is 0 Å². The summed E-state index contributed by atoms with van der Waals surface area (Å²) >= 11 is 0. The average molecular weight is 415 g/mol. The zero-order valence-electron chi connectivity index (χ0n) is 15.9. The van der Waals surface area contributed by atoms with Crippen molar-refractivity contribution in [3.63, 3.8) is 0 Å². The predicted octanol–water partition coefficient (Wildman–Crippen LogP) is 2.06. The molecule has 29 heavy (non-hydrogen) atoms. The second kappa shape index (κ2) is 7.80. The first-order chi connectivity index (χ1) is 13.9. The molecule has 3 heterocycles. The number of nitrogens with zero attached hydrogens (tertiary/aromatic N) is 4. The summed E-state index contributed by atoms with van der Waals surface area (Å²) in [6.45, 7) is 0.975. The Kier molecular flexibility index (Phi) is 5.20. The summed E-state index contributed by atoms with van der Waals surface area (Å²) in [5.74, 6) is 0.832. The van der Waals surface area contributed by atoms with Gasteiger partial charge in [-0.2, -0.15) is 4.98 Å². The minimum absolute atomic E-state index is 0.00903. The van der Waals surface area contributed by atoms with E-state index in [9.17, 15) is 8.42 Å². The van der Waals surface area contributed by atoms with Crippen molar-refractivity contribution in [1.29, 1.82) is 0 Å². The first kappa shape index (κ1) is 19.3. The fraction of sp³-hybridized carbons (Fsp3) is 0.316. The summed E-state index contributed by atoms with van der Waals surface area (Å²) in [5, 5.41) is 3.75. The molecule has 2 N–H and O–H groups in total. The molecule has 1 aromatic carbocycles. The molecule has 1 aliphatic heterocycles. The van der Waals surface area contributed by atoms with Gasteiger partial charge in [-0.1, -0.05) is 30.3 Å². The Hall–Kier alpha value is -2.98. The van der Waals surface area contributed by atoms with E-state index in [4.69, 9.17) is 15.2 Å². The van der Waals surface area contributed by atoms with E-state index in [1.165, 1.54) is 4.52 Å². The summed E-state index contributed by atoms with van der Waals surface area (Å²) in [6, 6.07) is 9.94. The lowest BCUT2D eigenvalue weighted by Crippen LogP contribution is -2.13. The summed E-state index contributed by atoms with van der Waals surface area (Å²) in [4.78, 5) is 8.04. The average Bonchev–Trinajstić information content (AvgIpc) is 3.32. The van der Waals surface area contributed by atoms with Crippen LogP contribution in [-0.2, 0) is 25.9 Å². The standard InChI is InChI=1S/C19H21N5O4S/c1-29(25,26)19-22-17(20)18-21-11-15(24(18)23-19)16-8-7-14(28-16)9-10-27-12-13-5-3-2-4-6-13/h2-6,9,11,16H,7-8,10,12H2,1H3,(H2,20,22,23)/b14-9+/t16-/m1/s1. The molecule has 2 aromatic heterocycles. The van der Waals surface area contributed by atoms with Gasteiger partial charge < -0.3 is 15.2 Å². The van der Waals surface area contributed by atoms with Crippen molar-refractivity contribution in [2.45, 2.75) is 30.7 Å². The van der Waals surface area contributed by atoms with E-state index in [-0.39, 0.29) is 17.1 Å². The number of imidazole rings is 1. The number of nitrogens with two attached hydrogens (primary N) is 1. The second-order valence-corrected chi connectivity index (χ2v) is 8.70. The molecule has 1 fully saturated rings. The van der Waals surface area contributed by atoms with Crippen LogP contribution in [-0.4, -0.2) is 40.9 Å². The SMILES string of the molecule is CS(=O)(=O)c1nc(N)c2ncc([C@H]3CC/C(=C\COCc4ccccc4)O3)n2n1. The molecular weight excluding hydrogens is 394 g/mol. The third-order valence-corrected chi connectivity index (χ3v) is 5.38. The van der Waals surface area contributed by atoms with Gasteiger partial charge in [0.2, 0.25) is 9.84 Å². The maximum Gasteiger partial charge on any atom is 0.267 e. The number of aromatic nitrogens is 4. The number of nitrogen functional groups attached to an aromatic ring is 1. The fourth-order valence-corrected chi connectivity index (χ4v) is 3.61. The normalized spacial score (nSPS) is 18.4. The largest absolute Gasteiger partial charge is 0.489 e. The summed E-state index contributed by atoms with van der Waals surface area (Å²) < 4.78 is 36.7. The molecule has 1 saturated heterocycles. The Bertz CT molecular complexity index is 1160. The van der Waals surface area contributed by atoms with E-state index in [2.05, 4.69) is 15.1 Å². The molecular formula is C19H21N5O4S. The van der Waals surface area contributed by atoms with Crippen LogP contribution in [0.1, 0.15) is 30.2 Å². The van der Waals surface area contributed by atoms with Crippen molar-refractivity contribution in [2.24, 2.45) is 0 Å². The molecule has 3 aromatic rings. The third-order valence-electron chi connectivity index (χ3n) is 4.54. The maximum atomic E-state index is 11.8. The fourth-order valence-electron chi connectivity index (χ4n) is 3.11. The van der Waals surface area contributed by atoms with E-state index < -0.39 is 9.84 Å². The Morgan fingerprint density at radius 3 is 2.90 bits per heavy atom. The molecule has 0 amide bonds. The molecule has 0 bridgehead atoms. The van der Waals surface area contributed by atoms with E-state index in [1.54, 1.807) is 6.20 Å². The van der Waals surface area contributed by atoms with Gasteiger partial charge in [0, 0.05) is 12.7 Å². The molecule has 0 aliphatic carbocycles. The number of hydrogen-bond acceptors (Lipinski definition) is 8. The lowest BCUT2D eigenvalue weighted by molar-refractivity contribution is 0.133. The Morgan fingerprint density at radius 2 is 2.14 bits per heavy atom. The minimum atomic E-state index is -3.60. The highest BCUT2D eigenvalue weighted by molar-refractivity contribution is 7.90. The summed E-state index contributed by atoms with van der Waals surface area (Å²) in [5.41, 5.74) is 7.90. The molecule has 152 valence electrons. The van der Waals surface area contributed by atoms with Crippen molar-refractivity contribution in [3.05, 3.63) is 59.6 Å². The van der Waals surface area contributed by atoms with Gasteiger partial charge in [-0.05, 0) is 18.1 Å². The van der Waals surface area contributed by atoms with Crippen LogP contribution in [0, 0.1) is 0 Å². The van der Waals surface area contributed by atoms with Gasteiger partial charge in [0.05, 0.1) is 25.2 Å². The van der Waals surface area contributed by atoms with Crippen LogP contribution < -0.4 is 5.73 Å². The van der Waals surface area contributed by atoms with Crippen LogP contribution in [0.25, 0.3) is 5.65 Å². The van der Waals surface area contributed by atoms with Crippen molar-refractivity contribution < 1.29 is 17.9 Å². The van der Waals surface area contributed by atoms with Crippen LogP contribution in [0.15, 0.2) is 53.5 Å². The maximum absolute atomic E-state index is 11.8.